The van der Waals surface area contributed by atoms with Crippen LogP contribution in [0.15, 0.2) is 30.3 Å². The molecule has 0 fully saturated rings. The van der Waals surface area contributed by atoms with E-state index in [9.17, 15) is 3.74 Å². The van der Waals surface area contributed by atoms with Crippen LogP contribution < -0.4 is 4.35 Å². The Morgan fingerprint density at radius 2 is 2.12 bits per heavy atom. The molecule has 0 aliphatic heterocycles. The molecule has 0 saturated heterocycles. The van der Waals surface area contributed by atoms with Crippen LogP contribution in [-0.4, -0.2) is 15.7 Å². The maximum absolute atomic E-state index is 10.3. The summed E-state index contributed by atoms with van der Waals surface area (Å²) in [7, 11) is 0. The molecule has 0 amide bonds. The van der Waals surface area contributed by atoms with Gasteiger partial charge in [-0.25, -0.2) is 0 Å². The molecule has 0 radical (unpaired) electrons. The van der Waals surface area contributed by atoms with Crippen LogP contribution in [0.2, 0.25) is 0 Å². The third-order valence-corrected chi connectivity index (χ3v) is 1.87. The zero-order chi connectivity index (χ0) is 6.69. The van der Waals surface area contributed by atoms with Gasteiger partial charge in [0.25, 0.3) is 0 Å². The van der Waals surface area contributed by atoms with Gasteiger partial charge in [0.2, 0.25) is 0 Å². The first-order valence-corrected chi connectivity index (χ1v) is 3.93. The van der Waals surface area contributed by atoms with E-state index in [-0.39, 0.29) is 0 Å². The van der Waals surface area contributed by atoms with Crippen LogP contribution in [0.25, 0.3) is 0 Å². The second-order valence-corrected chi connectivity index (χ2v) is 2.82. The monoisotopic (exact) mass is 169 g/mol. The fourth-order valence-corrected chi connectivity index (χ4v) is 1.01. The number of benzene rings is 1. The van der Waals surface area contributed by atoms with E-state index in [2.05, 4.69) is 0 Å². The summed E-state index contributed by atoms with van der Waals surface area (Å²) in [5.74, 6) is 0. The summed E-state index contributed by atoms with van der Waals surface area (Å²) in [6.07, 6.45) is 0. The van der Waals surface area contributed by atoms with Gasteiger partial charge in [-0.2, -0.15) is 0 Å². The van der Waals surface area contributed by atoms with Crippen molar-refractivity contribution in [3.05, 3.63) is 30.3 Å². The summed E-state index contributed by atoms with van der Waals surface area (Å²) in [5.41, 5.74) is 0. The van der Waals surface area contributed by atoms with Crippen LogP contribution in [0.5, 0.6) is 0 Å². The molecule has 1 nitrogen and oxygen atoms in total. The minimum atomic E-state index is -0.912. The van der Waals surface area contributed by atoms with Crippen molar-refractivity contribution in [3.8, 4) is 0 Å². The summed E-state index contributed by atoms with van der Waals surface area (Å²) in [6.45, 7) is 0. The van der Waals surface area contributed by atoms with Gasteiger partial charge in [0.15, 0.2) is 0 Å². The van der Waals surface area contributed by atoms with Gasteiger partial charge in [-0.3, -0.25) is 0 Å². The first-order chi connectivity index (χ1) is 4.33. The average molecular weight is 169 g/mol. The third kappa shape index (κ3) is 1.27. The molecule has 0 N–H and O–H groups in total. The molecule has 0 unspecified atom stereocenters. The van der Waals surface area contributed by atoms with Crippen LogP contribution in [0.4, 0.5) is 0 Å². The fourth-order valence-electron chi connectivity index (χ4n) is 0.439. The standard InChI is InChI=1S/C6H5AsO/c8-7-6-4-2-1-3-5-6/h1-5H/i1D. The molecule has 0 saturated carbocycles. The van der Waals surface area contributed by atoms with Crippen molar-refractivity contribution in [1.82, 2.24) is 0 Å². The van der Waals surface area contributed by atoms with Gasteiger partial charge in [-0.1, -0.05) is 0 Å². The summed E-state index contributed by atoms with van der Waals surface area (Å²) in [6, 6.07) is 7.18. The molecule has 0 bridgehead atoms. The van der Waals surface area contributed by atoms with Gasteiger partial charge in [0, 0.05) is 0 Å². The molecule has 0 aliphatic carbocycles. The third-order valence-electron chi connectivity index (χ3n) is 0.806. The van der Waals surface area contributed by atoms with Crippen molar-refractivity contribution in [1.29, 1.82) is 0 Å². The van der Waals surface area contributed by atoms with E-state index < -0.39 is 15.7 Å². The SMILES string of the molecule is [2H]c1ccc([As]=O)cc1. The molecule has 40 valence electrons. The molecule has 1 aromatic carbocycles. The molecular formula is C6H5AsO. The van der Waals surface area contributed by atoms with E-state index in [1.165, 1.54) is 0 Å². The van der Waals surface area contributed by atoms with Gasteiger partial charge >= 0.3 is 55.5 Å². The van der Waals surface area contributed by atoms with Crippen molar-refractivity contribution in [2.24, 2.45) is 0 Å². The minimum absolute atomic E-state index is 0.466. The number of hydrogen-bond donors (Lipinski definition) is 0. The van der Waals surface area contributed by atoms with E-state index in [1.54, 1.807) is 24.3 Å². The quantitative estimate of drug-likeness (QED) is 0.555. The molecule has 8 heavy (non-hydrogen) atoms. The van der Waals surface area contributed by atoms with E-state index in [1.807, 2.05) is 0 Å². The Morgan fingerprint density at radius 3 is 2.62 bits per heavy atom. The molecule has 1 rings (SSSR count). The second kappa shape index (κ2) is 2.78. The normalized spacial score (nSPS) is 11.2. The number of hydrogen-bond acceptors (Lipinski definition) is 1. The van der Waals surface area contributed by atoms with Gasteiger partial charge in [-0.05, 0) is 0 Å². The van der Waals surface area contributed by atoms with Crippen molar-refractivity contribution in [2.75, 3.05) is 0 Å². The Hall–Kier alpha value is -0.422. The summed E-state index contributed by atoms with van der Waals surface area (Å²) >= 11 is -0.912. The Bertz CT molecular complexity index is 207. The molecule has 0 aliphatic rings. The van der Waals surface area contributed by atoms with E-state index in [4.69, 9.17) is 1.37 Å². The Labute approximate surface area is 56.0 Å². The molecule has 0 atom stereocenters. The Kier molecular flexibility index (Phi) is 1.55. The van der Waals surface area contributed by atoms with Crippen LogP contribution in [-0.2, 0) is 3.74 Å². The predicted molar refractivity (Wildman–Crippen MR) is 32.5 cm³/mol. The summed E-state index contributed by atoms with van der Waals surface area (Å²) < 4.78 is 18.2. The van der Waals surface area contributed by atoms with E-state index >= 15 is 0 Å². The van der Waals surface area contributed by atoms with Crippen LogP contribution in [0.3, 0.4) is 0 Å². The molecule has 0 aromatic heterocycles. The molecular weight excluding hydrogens is 163 g/mol. The number of rotatable bonds is 1. The van der Waals surface area contributed by atoms with Crippen LogP contribution in [0.1, 0.15) is 1.37 Å². The van der Waals surface area contributed by atoms with Gasteiger partial charge in [-0.15, -0.1) is 0 Å². The van der Waals surface area contributed by atoms with Crippen molar-refractivity contribution in [3.63, 3.8) is 0 Å². The van der Waals surface area contributed by atoms with Crippen molar-refractivity contribution >= 4 is 20.0 Å². The van der Waals surface area contributed by atoms with E-state index in [0.717, 1.165) is 4.35 Å². The molecule has 1 aromatic rings. The van der Waals surface area contributed by atoms with E-state index in [0.29, 0.717) is 6.04 Å². The Morgan fingerprint density at radius 1 is 1.50 bits per heavy atom. The maximum atomic E-state index is 10.3. The topological polar surface area (TPSA) is 17.1 Å². The van der Waals surface area contributed by atoms with Crippen molar-refractivity contribution < 1.29 is 5.11 Å². The molecule has 2 heteroatoms. The fraction of sp³-hybridized carbons (Fsp3) is 0. The van der Waals surface area contributed by atoms with Gasteiger partial charge in [0.05, 0.1) is 0 Å². The first-order valence-electron chi connectivity index (χ1n) is 2.73. The first kappa shape index (κ1) is 4.46. The van der Waals surface area contributed by atoms with Crippen molar-refractivity contribution in [2.45, 2.75) is 0 Å². The van der Waals surface area contributed by atoms with Crippen LogP contribution in [0, 0.1) is 0 Å². The average Bonchev–Trinajstić information content (AvgIpc) is 1.90. The van der Waals surface area contributed by atoms with Crippen LogP contribution >= 0.6 is 0 Å². The Balaban J connectivity index is 3.01. The zero-order valence-electron chi connectivity index (χ0n) is 5.16. The predicted octanol–water partition coefficient (Wildman–Crippen LogP) is 0.362. The summed E-state index contributed by atoms with van der Waals surface area (Å²) in [5, 5.41) is 0. The van der Waals surface area contributed by atoms with Gasteiger partial charge < -0.3 is 0 Å². The van der Waals surface area contributed by atoms with Gasteiger partial charge in [0.1, 0.15) is 0 Å². The zero-order valence-corrected chi connectivity index (χ0v) is 6.04. The summed E-state index contributed by atoms with van der Waals surface area (Å²) in [4.78, 5) is 0. The molecule has 0 heterocycles. The second-order valence-electron chi connectivity index (χ2n) is 1.35. The molecule has 0 spiro atoms.